The lowest BCUT2D eigenvalue weighted by Gasteiger charge is -2.48. The molecule has 27 heavy (non-hydrogen) atoms. The van der Waals surface area contributed by atoms with Crippen molar-refractivity contribution in [2.75, 3.05) is 7.05 Å². The van der Waals surface area contributed by atoms with Crippen LogP contribution in [-0.2, 0) is 0 Å². The maximum absolute atomic E-state index is 10.1. The monoisotopic (exact) mass is 419 g/mol. The number of benzene rings is 1. The smallest absolute Gasteiger partial charge is 0.191 e. The molecule has 2 aliphatic heterocycles. The van der Waals surface area contributed by atoms with Crippen LogP contribution in [0.5, 0.6) is 0 Å². The Labute approximate surface area is 167 Å². The fourth-order valence-electron chi connectivity index (χ4n) is 5.13. The highest BCUT2D eigenvalue weighted by Gasteiger charge is 2.58. The summed E-state index contributed by atoms with van der Waals surface area (Å²) in [5, 5.41) is 30.0. The molecule has 1 aliphatic carbocycles. The number of nitriles is 3. The van der Waals surface area contributed by atoms with Crippen LogP contribution in [0.15, 0.2) is 51.7 Å². The Kier molecular flexibility index (Phi) is 4.11. The minimum Gasteiger partial charge on any atom is -0.399 e. The van der Waals surface area contributed by atoms with Gasteiger partial charge < -0.3 is 5.73 Å². The van der Waals surface area contributed by atoms with Gasteiger partial charge in [-0.3, -0.25) is 4.90 Å². The van der Waals surface area contributed by atoms with E-state index < -0.39 is 11.3 Å². The van der Waals surface area contributed by atoms with Crippen molar-refractivity contribution in [3.8, 4) is 18.2 Å². The van der Waals surface area contributed by atoms with E-state index in [9.17, 15) is 15.8 Å². The molecule has 1 fully saturated rings. The summed E-state index contributed by atoms with van der Waals surface area (Å²) in [5.41, 5.74) is 7.01. The van der Waals surface area contributed by atoms with Crippen LogP contribution in [0.1, 0.15) is 24.3 Å². The first kappa shape index (κ1) is 17.8. The number of hydrogen-bond donors (Lipinski definition) is 1. The number of nitrogens with two attached hydrogens (primary N) is 1. The molecule has 2 bridgehead atoms. The van der Waals surface area contributed by atoms with Crippen LogP contribution in [0.25, 0.3) is 0 Å². The van der Waals surface area contributed by atoms with Gasteiger partial charge in [0.2, 0.25) is 0 Å². The van der Waals surface area contributed by atoms with E-state index in [1.165, 1.54) is 0 Å². The molecule has 4 atom stereocenters. The molecule has 1 aromatic carbocycles. The van der Waals surface area contributed by atoms with Gasteiger partial charge >= 0.3 is 0 Å². The molecule has 0 radical (unpaired) electrons. The largest absolute Gasteiger partial charge is 0.399 e. The van der Waals surface area contributed by atoms with Crippen molar-refractivity contribution in [1.82, 2.24) is 4.90 Å². The fraction of sp³-hybridized carbons (Fsp3) is 0.381. The molecule has 6 heteroatoms. The Hall–Kier alpha value is -2.59. The molecule has 4 rings (SSSR count). The van der Waals surface area contributed by atoms with Gasteiger partial charge in [-0.1, -0.05) is 34.1 Å². The Morgan fingerprint density at radius 1 is 1.15 bits per heavy atom. The number of fused-ring (bicyclic) bond motifs is 4. The first-order chi connectivity index (χ1) is 13.0. The zero-order chi connectivity index (χ0) is 19.3. The molecule has 0 spiro atoms. The van der Waals surface area contributed by atoms with E-state index in [-0.39, 0.29) is 23.7 Å². The maximum Gasteiger partial charge on any atom is 0.191 e. The molecule has 1 aromatic rings. The van der Waals surface area contributed by atoms with Crippen molar-refractivity contribution in [2.45, 2.75) is 30.8 Å². The summed E-state index contributed by atoms with van der Waals surface area (Å²) in [4.78, 5) is 2.32. The maximum atomic E-state index is 10.1. The average Bonchev–Trinajstić information content (AvgIpc) is 2.91. The third-order valence-corrected chi connectivity index (χ3v) is 6.98. The number of hydrogen-bond acceptors (Lipinski definition) is 5. The van der Waals surface area contributed by atoms with Crippen LogP contribution in [0, 0.1) is 45.3 Å². The number of nitrogens with zero attached hydrogens (tertiary/aromatic N) is 4. The molecule has 0 unspecified atom stereocenters. The minimum atomic E-state index is -1.56. The van der Waals surface area contributed by atoms with Crippen LogP contribution >= 0.6 is 15.9 Å². The summed E-state index contributed by atoms with van der Waals surface area (Å²) in [6, 6.07) is 14.8. The number of halogens is 1. The number of likely N-dealkylation sites (N-methyl/N-ethyl adjacent to an activating group) is 1. The quantitative estimate of drug-likeness (QED) is 0.751. The zero-order valence-corrected chi connectivity index (χ0v) is 16.4. The van der Waals surface area contributed by atoms with Gasteiger partial charge in [0.1, 0.15) is 6.07 Å². The lowest BCUT2D eigenvalue weighted by Crippen LogP contribution is -2.51. The van der Waals surface area contributed by atoms with E-state index in [2.05, 4.69) is 52.2 Å². The van der Waals surface area contributed by atoms with Crippen LogP contribution in [0.3, 0.4) is 0 Å². The number of rotatable bonds is 1. The van der Waals surface area contributed by atoms with Crippen molar-refractivity contribution >= 4 is 15.9 Å². The molecule has 2 heterocycles. The third kappa shape index (κ3) is 2.29. The fourth-order valence-corrected chi connectivity index (χ4v) is 5.40. The van der Waals surface area contributed by atoms with Gasteiger partial charge in [0.25, 0.3) is 0 Å². The SMILES string of the molecule is CN1[C@H]2C=C3C(C#N)=C(N)C(C#N)(C#N)[C@@H](c4ccc(Br)cc4)[C@@H]3[C@@H]1CC2. The molecular weight excluding hydrogens is 402 g/mol. The van der Waals surface area contributed by atoms with Gasteiger partial charge in [-0.05, 0) is 43.2 Å². The van der Waals surface area contributed by atoms with Crippen molar-refractivity contribution in [3.05, 3.63) is 57.2 Å². The molecule has 0 aromatic heterocycles. The third-order valence-electron chi connectivity index (χ3n) is 6.45. The average molecular weight is 420 g/mol. The van der Waals surface area contributed by atoms with Gasteiger partial charge in [0.15, 0.2) is 5.41 Å². The number of allylic oxidation sites excluding steroid dienone is 2. The second kappa shape index (κ2) is 6.24. The van der Waals surface area contributed by atoms with Gasteiger partial charge in [0.05, 0.1) is 23.4 Å². The summed E-state index contributed by atoms with van der Waals surface area (Å²) in [6.45, 7) is 0. The predicted molar refractivity (Wildman–Crippen MR) is 104 cm³/mol. The summed E-state index contributed by atoms with van der Waals surface area (Å²) in [7, 11) is 2.09. The molecule has 0 amide bonds. The zero-order valence-electron chi connectivity index (χ0n) is 14.9. The second-order valence-electron chi connectivity index (χ2n) is 7.49. The van der Waals surface area contributed by atoms with Crippen LogP contribution in [-0.4, -0.2) is 24.0 Å². The highest BCUT2D eigenvalue weighted by Crippen LogP contribution is 2.58. The van der Waals surface area contributed by atoms with Gasteiger partial charge in [-0.25, -0.2) is 0 Å². The Morgan fingerprint density at radius 3 is 2.41 bits per heavy atom. The summed E-state index contributed by atoms with van der Waals surface area (Å²) in [5.74, 6) is -0.536. The molecule has 3 aliphatic rings. The van der Waals surface area contributed by atoms with Gasteiger partial charge in [-0.15, -0.1) is 0 Å². The normalized spacial score (nSPS) is 31.3. The topological polar surface area (TPSA) is 101 Å². The van der Waals surface area contributed by atoms with Crippen molar-refractivity contribution in [3.63, 3.8) is 0 Å². The van der Waals surface area contributed by atoms with E-state index >= 15 is 0 Å². The molecule has 5 nitrogen and oxygen atoms in total. The summed E-state index contributed by atoms with van der Waals surface area (Å²) < 4.78 is 0.931. The predicted octanol–water partition coefficient (Wildman–Crippen LogP) is 3.34. The van der Waals surface area contributed by atoms with Crippen molar-refractivity contribution in [1.29, 1.82) is 15.8 Å². The Morgan fingerprint density at radius 2 is 1.81 bits per heavy atom. The van der Waals surface area contributed by atoms with E-state index in [4.69, 9.17) is 5.73 Å². The van der Waals surface area contributed by atoms with Crippen molar-refractivity contribution in [2.24, 2.45) is 17.1 Å². The first-order valence-corrected chi connectivity index (χ1v) is 9.70. The summed E-state index contributed by atoms with van der Waals surface area (Å²) >= 11 is 3.45. The van der Waals surface area contributed by atoms with E-state index in [1.807, 2.05) is 24.3 Å². The van der Waals surface area contributed by atoms with E-state index in [0.29, 0.717) is 5.57 Å². The van der Waals surface area contributed by atoms with Gasteiger partial charge in [-0.2, -0.15) is 15.8 Å². The Balaban J connectivity index is 2.04. The van der Waals surface area contributed by atoms with Gasteiger partial charge in [0, 0.05) is 28.4 Å². The van der Waals surface area contributed by atoms with Crippen LogP contribution in [0.4, 0.5) is 0 Å². The molecular formula is C21H18BrN5. The Bertz CT molecular complexity index is 971. The van der Waals surface area contributed by atoms with Crippen LogP contribution < -0.4 is 5.73 Å². The molecule has 0 saturated carbocycles. The first-order valence-electron chi connectivity index (χ1n) is 8.90. The minimum absolute atomic E-state index is 0.0920. The highest BCUT2D eigenvalue weighted by atomic mass is 79.9. The standard InChI is InChI=1S/C21H18BrN5/c1-27-14-6-7-17(27)18-15(8-14)16(9-23)20(26)21(10-24,11-25)19(18)12-2-4-13(22)5-3-12/h2-5,8,14,17-19H,6-7,26H2,1H3/t14-,17+,18+,19+/m1/s1. The molecule has 134 valence electrons. The highest BCUT2D eigenvalue weighted by molar-refractivity contribution is 9.10. The van der Waals surface area contributed by atoms with Crippen LogP contribution in [0.2, 0.25) is 0 Å². The molecule has 2 N–H and O–H groups in total. The van der Waals surface area contributed by atoms with E-state index in [0.717, 1.165) is 28.5 Å². The lowest BCUT2D eigenvalue weighted by molar-refractivity contribution is 0.160. The van der Waals surface area contributed by atoms with E-state index in [1.54, 1.807) is 0 Å². The van der Waals surface area contributed by atoms with Crippen molar-refractivity contribution < 1.29 is 0 Å². The molecule has 1 saturated heterocycles. The second-order valence-corrected chi connectivity index (χ2v) is 8.40. The summed E-state index contributed by atoms with van der Waals surface area (Å²) in [6.07, 6.45) is 4.12. The lowest BCUT2D eigenvalue weighted by atomic mass is 9.56.